The Morgan fingerprint density at radius 3 is 2.50 bits per heavy atom. The molecule has 0 aliphatic carbocycles. The molecule has 0 aromatic heterocycles. The van der Waals surface area contributed by atoms with E-state index in [4.69, 9.17) is 5.26 Å². The summed E-state index contributed by atoms with van der Waals surface area (Å²) in [6.07, 6.45) is -4.60. The molecule has 1 nitrogen and oxygen atoms in total. The Balaban J connectivity index is 3.31. The van der Waals surface area contributed by atoms with Crippen LogP contribution in [0.25, 0.3) is 0 Å². The lowest BCUT2D eigenvalue weighted by Crippen LogP contribution is -2.11. The third-order valence-electron chi connectivity index (χ3n) is 1.65. The molecular formula is C9H5F3IN. The SMILES string of the molecule is N#CCc1cccc(I)c1C(F)(F)F. The minimum absolute atomic E-state index is 0.0342. The van der Waals surface area contributed by atoms with Crippen LogP contribution in [0.5, 0.6) is 0 Å². The molecule has 0 spiro atoms. The zero-order valence-corrected chi connectivity index (χ0v) is 9.06. The predicted octanol–water partition coefficient (Wildman–Crippen LogP) is 3.38. The lowest BCUT2D eigenvalue weighted by molar-refractivity contribution is -0.138. The first-order chi connectivity index (χ1) is 6.46. The first-order valence-corrected chi connectivity index (χ1v) is 4.76. The fraction of sp³-hybridized carbons (Fsp3) is 0.222. The molecular weight excluding hydrogens is 306 g/mol. The van der Waals surface area contributed by atoms with Gasteiger partial charge in [-0.05, 0) is 34.2 Å². The lowest BCUT2D eigenvalue weighted by atomic mass is 10.1. The molecule has 1 aromatic rings. The van der Waals surface area contributed by atoms with Crippen LogP contribution >= 0.6 is 22.6 Å². The van der Waals surface area contributed by atoms with E-state index in [-0.39, 0.29) is 15.6 Å². The van der Waals surface area contributed by atoms with Crippen LogP contribution in [0.4, 0.5) is 13.2 Å². The van der Waals surface area contributed by atoms with E-state index in [9.17, 15) is 13.2 Å². The van der Waals surface area contributed by atoms with E-state index >= 15 is 0 Å². The monoisotopic (exact) mass is 311 g/mol. The number of nitriles is 1. The summed E-state index contributed by atoms with van der Waals surface area (Å²) in [7, 11) is 0. The van der Waals surface area contributed by atoms with Gasteiger partial charge in [0.05, 0.1) is 18.1 Å². The molecule has 0 aliphatic rings. The van der Waals surface area contributed by atoms with Gasteiger partial charge in [-0.25, -0.2) is 0 Å². The van der Waals surface area contributed by atoms with Crippen LogP contribution in [-0.4, -0.2) is 0 Å². The van der Waals surface area contributed by atoms with Gasteiger partial charge in [-0.2, -0.15) is 18.4 Å². The standard InChI is InChI=1S/C9H5F3IN/c10-9(11,12)8-6(4-5-14)2-1-3-7(8)13/h1-3H,4H2. The molecule has 0 fully saturated rings. The van der Waals surface area contributed by atoms with Gasteiger partial charge in [0, 0.05) is 3.57 Å². The van der Waals surface area contributed by atoms with E-state index in [2.05, 4.69) is 0 Å². The molecule has 0 atom stereocenters. The minimum Gasteiger partial charge on any atom is -0.198 e. The molecule has 0 N–H and O–H groups in total. The third-order valence-corrected chi connectivity index (χ3v) is 2.55. The second-order valence-electron chi connectivity index (χ2n) is 2.61. The molecule has 0 saturated carbocycles. The highest BCUT2D eigenvalue weighted by Gasteiger charge is 2.35. The number of hydrogen-bond donors (Lipinski definition) is 0. The topological polar surface area (TPSA) is 23.8 Å². The summed E-state index contributed by atoms with van der Waals surface area (Å²) in [5, 5.41) is 8.38. The highest BCUT2D eigenvalue weighted by Crippen LogP contribution is 2.35. The van der Waals surface area contributed by atoms with Crippen LogP contribution < -0.4 is 0 Å². The smallest absolute Gasteiger partial charge is 0.198 e. The summed E-state index contributed by atoms with van der Waals surface area (Å²) in [5.41, 5.74) is -0.658. The summed E-state index contributed by atoms with van der Waals surface area (Å²) in [4.78, 5) is 0. The molecule has 0 unspecified atom stereocenters. The van der Waals surface area contributed by atoms with Crippen molar-refractivity contribution >= 4 is 22.6 Å². The largest absolute Gasteiger partial charge is 0.417 e. The Hall–Kier alpha value is -0.770. The van der Waals surface area contributed by atoms with Crippen LogP contribution in [-0.2, 0) is 12.6 Å². The van der Waals surface area contributed by atoms with Crippen molar-refractivity contribution in [2.75, 3.05) is 0 Å². The molecule has 0 heterocycles. The van der Waals surface area contributed by atoms with Crippen molar-refractivity contribution in [3.8, 4) is 6.07 Å². The van der Waals surface area contributed by atoms with Crippen LogP contribution in [0.3, 0.4) is 0 Å². The molecule has 0 aliphatic heterocycles. The van der Waals surface area contributed by atoms with E-state index in [0.29, 0.717) is 0 Å². The van der Waals surface area contributed by atoms with Crippen molar-refractivity contribution < 1.29 is 13.2 Å². The molecule has 5 heteroatoms. The van der Waals surface area contributed by atoms with Crippen LogP contribution in [0.15, 0.2) is 18.2 Å². The molecule has 0 amide bonds. The van der Waals surface area contributed by atoms with E-state index in [0.717, 1.165) is 0 Å². The highest BCUT2D eigenvalue weighted by molar-refractivity contribution is 14.1. The predicted molar refractivity (Wildman–Crippen MR) is 53.5 cm³/mol. The quantitative estimate of drug-likeness (QED) is 0.730. The molecule has 0 saturated heterocycles. The van der Waals surface area contributed by atoms with E-state index in [1.807, 2.05) is 0 Å². The van der Waals surface area contributed by atoms with Gasteiger partial charge >= 0.3 is 6.18 Å². The van der Waals surface area contributed by atoms with Crippen molar-refractivity contribution in [3.05, 3.63) is 32.9 Å². The van der Waals surface area contributed by atoms with Gasteiger partial charge in [0.1, 0.15) is 0 Å². The average molecular weight is 311 g/mol. The van der Waals surface area contributed by atoms with Gasteiger partial charge in [0.25, 0.3) is 0 Å². The Kier molecular flexibility index (Phi) is 3.37. The molecule has 14 heavy (non-hydrogen) atoms. The van der Waals surface area contributed by atoms with Crippen molar-refractivity contribution in [2.45, 2.75) is 12.6 Å². The van der Waals surface area contributed by atoms with Crippen molar-refractivity contribution in [1.29, 1.82) is 5.26 Å². The van der Waals surface area contributed by atoms with Crippen LogP contribution in [0, 0.1) is 14.9 Å². The second-order valence-corrected chi connectivity index (χ2v) is 3.77. The molecule has 1 rings (SSSR count). The zero-order valence-electron chi connectivity index (χ0n) is 6.90. The maximum atomic E-state index is 12.5. The Morgan fingerprint density at radius 1 is 1.36 bits per heavy atom. The minimum atomic E-state index is -4.38. The first kappa shape index (κ1) is 11.3. The summed E-state index contributed by atoms with van der Waals surface area (Å²) in [5.74, 6) is 0. The fourth-order valence-corrected chi connectivity index (χ4v) is 1.98. The highest BCUT2D eigenvalue weighted by atomic mass is 127. The second kappa shape index (κ2) is 4.17. The van der Waals surface area contributed by atoms with E-state index in [1.54, 1.807) is 28.7 Å². The molecule has 1 aromatic carbocycles. The van der Waals surface area contributed by atoms with Crippen LogP contribution in [0.1, 0.15) is 11.1 Å². The van der Waals surface area contributed by atoms with Crippen molar-refractivity contribution in [1.82, 2.24) is 0 Å². The third kappa shape index (κ3) is 2.38. The number of benzene rings is 1. The number of rotatable bonds is 1. The van der Waals surface area contributed by atoms with Crippen molar-refractivity contribution in [3.63, 3.8) is 0 Å². The molecule has 0 bridgehead atoms. The van der Waals surface area contributed by atoms with E-state index in [1.165, 1.54) is 18.2 Å². The van der Waals surface area contributed by atoms with E-state index < -0.39 is 11.7 Å². The first-order valence-electron chi connectivity index (χ1n) is 3.68. The lowest BCUT2D eigenvalue weighted by Gasteiger charge is -2.12. The average Bonchev–Trinajstić information content (AvgIpc) is 2.02. The maximum absolute atomic E-state index is 12.5. The van der Waals surface area contributed by atoms with Crippen LogP contribution in [0.2, 0.25) is 0 Å². The van der Waals surface area contributed by atoms with Gasteiger partial charge in [0.2, 0.25) is 0 Å². The summed E-state index contributed by atoms with van der Waals surface area (Å²) < 4.78 is 37.7. The van der Waals surface area contributed by atoms with Gasteiger partial charge in [0.15, 0.2) is 0 Å². The molecule has 74 valence electrons. The molecule has 0 radical (unpaired) electrons. The van der Waals surface area contributed by atoms with Gasteiger partial charge in [-0.3, -0.25) is 0 Å². The van der Waals surface area contributed by atoms with Gasteiger partial charge in [-0.15, -0.1) is 0 Å². The fourth-order valence-electron chi connectivity index (χ4n) is 1.12. The number of halogens is 4. The number of nitrogens with zero attached hydrogens (tertiary/aromatic N) is 1. The summed E-state index contributed by atoms with van der Waals surface area (Å²) in [6.45, 7) is 0. The van der Waals surface area contributed by atoms with Gasteiger partial charge < -0.3 is 0 Å². The number of alkyl halides is 3. The number of hydrogen-bond acceptors (Lipinski definition) is 1. The normalized spacial score (nSPS) is 11.1. The summed E-state index contributed by atoms with van der Waals surface area (Å²) >= 11 is 1.62. The van der Waals surface area contributed by atoms with Gasteiger partial charge in [-0.1, -0.05) is 12.1 Å². The maximum Gasteiger partial charge on any atom is 0.417 e. The summed E-state index contributed by atoms with van der Waals surface area (Å²) in [6, 6.07) is 5.94. The zero-order chi connectivity index (χ0) is 10.8. The van der Waals surface area contributed by atoms with Crippen molar-refractivity contribution in [2.24, 2.45) is 0 Å². The Bertz CT molecular complexity index is 379. The Morgan fingerprint density at radius 2 is 2.00 bits per heavy atom. The Labute approximate surface area is 92.7 Å².